The normalized spacial score (nSPS) is 31.3. The van der Waals surface area contributed by atoms with E-state index in [1.54, 1.807) is 7.05 Å². The third kappa shape index (κ3) is 1.86. The zero-order valence-electron chi connectivity index (χ0n) is 11.7. The van der Waals surface area contributed by atoms with Crippen LogP contribution in [0.25, 0.3) is 11.2 Å². The molecule has 4 N–H and O–H groups in total. The molecule has 0 spiro atoms. The SMILES string of the molecule is C#C[C@@]1(O)[C@H](O)[C@@H](CO)O[C@H]1n1cnc2c(NC)ncnc21. The van der Waals surface area contributed by atoms with E-state index in [0.717, 1.165) is 0 Å². The molecule has 4 atom stereocenters. The summed E-state index contributed by atoms with van der Waals surface area (Å²) in [7, 11) is 1.69. The van der Waals surface area contributed by atoms with Gasteiger partial charge in [0.25, 0.3) is 0 Å². The van der Waals surface area contributed by atoms with Gasteiger partial charge in [-0.25, -0.2) is 15.0 Å². The van der Waals surface area contributed by atoms with E-state index in [0.29, 0.717) is 17.0 Å². The van der Waals surface area contributed by atoms with Gasteiger partial charge in [0.05, 0.1) is 12.9 Å². The minimum Gasteiger partial charge on any atom is -0.394 e. The van der Waals surface area contributed by atoms with Crippen LogP contribution in [0.5, 0.6) is 0 Å². The van der Waals surface area contributed by atoms with Gasteiger partial charge in [0, 0.05) is 7.05 Å². The molecule has 0 aromatic carbocycles. The molecule has 2 aromatic rings. The maximum atomic E-state index is 10.6. The summed E-state index contributed by atoms with van der Waals surface area (Å²) in [6.45, 7) is -0.481. The molecule has 1 aliphatic heterocycles. The van der Waals surface area contributed by atoms with Crippen LogP contribution in [-0.2, 0) is 4.74 Å². The van der Waals surface area contributed by atoms with Crippen molar-refractivity contribution in [3.63, 3.8) is 0 Å². The number of fused-ring (bicyclic) bond motifs is 1. The number of ether oxygens (including phenoxy) is 1. The summed E-state index contributed by atoms with van der Waals surface area (Å²) in [5.41, 5.74) is -1.16. The van der Waals surface area contributed by atoms with E-state index in [4.69, 9.17) is 11.2 Å². The largest absolute Gasteiger partial charge is 0.394 e. The Morgan fingerprint density at radius 2 is 2.27 bits per heavy atom. The number of hydrogen-bond donors (Lipinski definition) is 4. The van der Waals surface area contributed by atoms with Crippen molar-refractivity contribution in [1.82, 2.24) is 19.5 Å². The molecule has 1 saturated heterocycles. The number of anilines is 1. The van der Waals surface area contributed by atoms with Crippen molar-refractivity contribution in [3.8, 4) is 12.3 Å². The number of imidazole rings is 1. The second-order valence-corrected chi connectivity index (χ2v) is 4.92. The van der Waals surface area contributed by atoms with Crippen molar-refractivity contribution in [2.24, 2.45) is 0 Å². The number of aromatic nitrogens is 4. The first-order valence-corrected chi connectivity index (χ1v) is 6.56. The van der Waals surface area contributed by atoms with E-state index in [2.05, 4.69) is 26.2 Å². The fourth-order valence-corrected chi connectivity index (χ4v) is 2.56. The number of aliphatic hydroxyl groups excluding tert-OH is 2. The molecule has 0 radical (unpaired) electrons. The minimum absolute atomic E-state index is 0.379. The minimum atomic E-state index is -2.01. The summed E-state index contributed by atoms with van der Waals surface area (Å²) in [6, 6.07) is 0. The Labute approximate surface area is 125 Å². The number of terminal acetylenes is 1. The highest BCUT2D eigenvalue weighted by atomic mass is 16.6. The smallest absolute Gasteiger partial charge is 0.199 e. The summed E-state index contributed by atoms with van der Waals surface area (Å²) >= 11 is 0. The molecule has 1 fully saturated rings. The first-order chi connectivity index (χ1) is 10.6. The lowest BCUT2D eigenvalue weighted by Crippen LogP contribution is -2.45. The number of hydrogen-bond acceptors (Lipinski definition) is 8. The standard InChI is InChI=1S/C13H15N5O4/c1-3-13(21)9(20)7(4-19)22-12(13)18-6-17-8-10(14-2)15-5-16-11(8)18/h1,5-7,9,12,19-21H,4H2,2H3,(H,14,15,16)/t7-,9-,12-,13-/m1/s1. The van der Waals surface area contributed by atoms with Gasteiger partial charge < -0.3 is 25.4 Å². The molecule has 9 nitrogen and oxygen atoms in total. The van der Waals surface area contributed by atoms with Gasteiger partial charge >= 0.3 is 0 Å². The lowest BCUT2D eigenvalue weighted by atomic mass is 9.95. The lowest BCUT2D eigenvalue weighted by molar-refractivity contribution is -0.0721. The molecule has 0 amide bonds. The quantitative estimate of drug-likeness (QED) is 0.504. The molecule has 2 aromatic heterocycles. The van der Waals surface area contributed by atoms with Gasteiger partial charge in [0.15, 0.2) is 23.3 Å². The highest BCUT2D eigenvalue weighted by molar-refractivity contribution is 5.82. The predicted octanol–water partition coefficient (Wildman–Crippen LogP) is -1.52. The highest BCUT2D eigenvalue weighted by Crippen LogP contribution is 2.39. The highest BCUT2D eigenvalue weighted by Gasteiger charge is 2.55. The number of nitrogens with zero attached hydrogens (tertiary/aromatic N) is 4. The van der Waals surface area contributed by atoms with E-state index in [1.165, 1.54) is 17.2 Å². The maximum absolute atomic E-state index is 10.6. The van der Waals surface area contributed by atoms with Crippen LogP contribution in [0, 0.1) is 12.3 Å². The molecule has 0 aliphatic carbocycles. The van der Waals surface area contributed by atoms with Crippen LogP contribution in [-0.4, -0.2) is 66.3 Å². The molecular weight excluding hydrogens is 290 g/mol. The van der Waals surface area contributed by atoms with Crippen LogP contribution in [0.4, 0.5) is 5.82 Å². The summed E-state index contributed by atoms with van der Waals surface area (Å²) < 4.78 is 6.92. The molecule has 0 bridgehead atoms. The van der Waals surface area contributed by atoms with Gasteiger partial charge in [-0.1, -0.05) is 5.92 Å². The van der Waals surface area contributed by atoms with Crippen molar-refractivity contribution < 1.29 is 20.1 Å². The van der Waals surface area contributed by atoms with E-state index < -0.39 is 30.6 Å². The van der Waals surface area contributed by atoms with Gasteiger partial charge in [-0.15, -0.1) is 6.42 Å². The van der Waals surface area contributed by atoms with Crippen LogP contribution in [0.3, 0.4) is 0 Å². The summed E-state index contributed by atoms with van der Waals surface area (Å²) in [6.07, 6.45) is 4.52. The first kappa shape index (κ1) is 14.7. The van der Waals surface area contributed by atoms with Crippen LogP contribution in [0.2, 0.25) is 0 Å². The van der Waals surface area contributed by atoms with Crippen LogP contribution >= 0.6 is 0 Å². The summed E-state index contributed by atoms with van der Waals surface area (Å²) in [5.74, 6) is 2.65. The third-order valence-corrected chi connectivity index (χ3v) is 3.74. The Morgan fingerprint density at radius 1 is 1.50 bits per heavy atom. The fraction of sp³-hybridized carbons (Fsp3) is 0.462. The van der Waals surface area contributed by atoms with Gasteiger partial charge in [0.1, 0.15) is 24.1 Å². The Morgan fingerprint density at radius 3 is 2.91 bits per heavy atom. The zero-order chi connectivity index (χ0) is 15.9. The molecule has 0 saturated carbocycles. The molecule has 22 heavy (non-hydrogen) atoms. The van der Waals surface area contributed by atoms with Gasteiger partial charge in [0.2, 0.25) is 0 Å². The molecule has 9 heteroatoms. The van der Waals surface area contributed by atoms with E-state index >= 15 is 0 Å². The Balaban J connectivity index is 2.13. The number of aliphatic hydroxyl groups is 3. The molecular formula is C13H15N5O4. The van der Waals surface area contributed by atoms with Crippen LogP contribution in [0.1, 0.15) is 6.23 Å². The van der Waals surface area contributed by atoms with Crippen molar-refractivity contribution >= 4 is 17.0 Å². The Hall–Kier alpha value is -2.25. The monoisotopic (exact) mass is 305 g/mol. The average Bonchev–Trinajstić information content (AvgIpc) is 3.08. The molecule has 1 aliphatic rings. The van der Waals surface area contributed by atoms with Crippen LogP contribution in [0.15, 0.2) is 12.7 Å². The second kappa shape index (κ2) is 5.19. The van der Waals surface area contributed by atoms with Crippen LogP contribution < -0.4 is 5.32 Å². The van der Waals surface area contributed by atoms with E-state index in [-0.39, 0.29) is 0 Å². The van der Waals surface area contributed by atoms with Crippen molar-refractivity contribution in [3.05, 3.63) is 12.7 Å². The van der Waals surface area contributed by atoms with Crippen molar-refractivity contribution in [2.75, 3.05) is 19.0 Å². The van der Waals surface area contributed by atoms with E-state index in [1.807, 2.05) is 0 Å². The van der Waals surface area contributed by atoms with Crippen molar-refractivity contribution in [1.29, 1.82) is 0 Å². The lowest BCUT2D eigenvalue weighted by Gasteiger charge is -2.26. The summed E-state index contributed by atoms with van der Waals surface area (Å²) in [5, 5.41) is 32.8. The fourth-order valence-electron chi connectivity index (χ4n) is 2.56. The molecule has 3 heterocycles. The molecule has 116 valence electrons. The molecule has 3 rings (SSSR count). The average molecular weight is 305 g/mol. The maximum Gasteiger partial charge on any atom is 0.199 e. The Kier molecular flexibility index (Phi) is 3.46. The topological polar surface area (TPSA) is 126 Å². The second-order valence-electron chi connectivity index (χ2n) is 4.92. The number of nitrogens with one attached hydrogen (secondary N) is 1. The van der Waals surface area contributed by atoms with E-state index in [9.17, 15) is 15.3 Å². The van der Waals surface area contributed by atoms with Gasteiger partial charge in [-0.05, 0) is 0 Å². The molecule has 0 unspecified atom stereocenters. The van der Waals surface area contributed by atoms with Gasteiger partial charge in [-0.3, -0.25) is 4.57 Å². The van der Waals surface area contributed by atoms with Crippen molar-refractivity contribution in [2.45, 2.75) is 24.0 Å². The first-order valence-electron chi connectivity index (χ1n) is 6.56. The zero-order valence-corrected chi connectivity index (χ0v) is 11.7. The number of rotatable bonds is 3. The Bertz CT molecular complexity index is 742. The summed E-state index contributed by atoms with van der Waals surface area (Å²) in [4.78, 5) is 12.3. The van der Waals surface area contributed by atoms with Gasteiger partial charge in [-0.2, -0.15) is 0 Å². The predicted molar refractivity (Wildman–Crippen MR) is 75.7 cm³/mol. The third-order valence-electron chi connectivity index (χ3n) is 3.74.